The first-order valence-electron chi connectivity index (χ1n) is 6.81. The fourth-order valence-corrected chi connectivity index (χ4v) is 2.84. The molecule has 1 saturated carbocycles. The molecule has 1 aromatic carbocycles. The molecule has 2 aromatic rings. The molecule has 1 heterocycles. The molecule has 4 heteroatoms. The zero-order valence-electron chi connectivity index (χ0n) is 10.8. The molecule has 19 heavy (non-hydrogen) atoms. The molecule has 0 amide bonds. The van der Waals surface area contributed by atoms with Crippen LogP contribution in [0.25, 0.3) is 10.8 Å². The van der Waals surface area contributed by atoms with E-state index in [4.69, 9.17) is 5.73 Å². The maximum absolute atomic E-state index is 9.60. The summed E-state index contributed by atoms with van der Waals surface area (Å²) in [7, 11) is 0. The highest BCUT2D eigenvalue weighted by atomic mass is 16.3. The predicted molar refractivity (Wildman–Crippen MR) is 77.2 cm³/mol. The summed E-state index contributed by atoms with van der Waals surface area (Å²) in [5.74, 6) is 1.61. The van der Waals surface area contributed by atoms with Gasteiger partial charge in [0, 0.05) is 24.2 Å². The van der Waals surface area contributed by atoms with Gasteiger partial charge in [0.15, 0.2) is 0 Å². The van der Waals surface area contributed by atoms with Crippen molar-refractivity contribution in [2.45, 2.75) is 25.3 Å². The van der Waals surface area contributed by atoms with Crippen LogP contribution in [0.2, 0.25) is 0 Å². The van der Waals surface area contributed by atoms with Gasteiger partial charge in [-0.15, -0.1) is 0 Å². The summed E-state index contributed by atoms with van der Waals surface area (Å²) >= 11 is 0. The first-order chi connectivity index (χ1) is 9.24. The Kier molecular flexibility index (Phi) is 3.25. The van der Waals surface area contributed by atoms with E-state index >= 15 is 0 Å². The van der Waals surface area contributed by atoms with Gasteiger partial charge in [0.1, 0.15) is 11.6 Å². The molecule has 3 rings (SSSR count). The highest BCUT2D eigenvalue weighted by Crippen LogP contribution is 2.27. The Balaban J connectivity index is 1.82. The zero-order chi connectivity index (χ0) is 13.2. The number of aromatic nitrogens is 1. The largest absolute Gasteiger partial charge is 0.508 e. The lowest BCUT2D eigenvalue weighted by molar-refractivity contribution is 0.476. The summed E-state index contributed by atoms with van der Waals surface area (Å²) < 4.78 is 0. The number of aromatic hydroxyl groups is 1. The van der Waals surface area contributed by atoms with Crippen molar-refractivity contribution < 1.29 is 5.11 Å². The monoisotopic (exact) mass is 257 g/mol. The fraction of sp³-hybridized carbons (Fsp3) is 0.400. The van der Waals surface area contributed by atoms with Crippen molar-refractivity contribution in [2.75, 3.05) is 11.9 Å². The summed E-state index contributed by atoms with van der Waals surface area (Å²) in [6.07, 6.45) is 5.31. The predicted octanol–water partition coefficient (Wildman–Crippen LogP) is 2.48. The van der Waals surface area contributed by atoms with E-state index in [1.54, 1.807) is 18.3 Å². The van der Waals surface area contributed by atoms with Crippen LogP contribution in [-0.2, 0) is 0 Å². The van der Waals surface area contributed by atoms with E-state index in [1.165, 1.54) is 12.8 Å². The number of benzene rings is 1. The van der Waals surface area contributed by atoms with Crippen LogP contribution in [0.1, 0.15) is 19.3 Å². The Morgan fingerprint density at radius 2 is 2.21 bits per heavy atom. The van der Waals surface area contributed by atoms with Crippen LogP contribution >= 0.6 is 0 Å². The number of anilines is 1. The summed E-state index contributed by atoms with van der Waals surface area (Å²) in [5, 5.41) is 15.0. The van der Waals surface area contributed by atoms with E-state index in [2.05, 4.69) is 10.3 Å². The van der Waals surface area contributed by atoms with Gasteiger partial charge in [-0.3, -0.25) is 0 Å². The van der Waals surface area contributed by atoms with Crippen LogP contribution in [0, 0.1) is 5.92 Å². The molecular weight excluding hydrogens is 238 g/mol. The molecule has 1 aromatic heterocycles. The average molecular weight is 257 g/mol. The minimum Gasteiger partial charge on any atom is -0.508 e. The fourth-order valence-electron chi connectivity index (χ4n) is 2.84. The molecule has 0 radical (unpaired) electrons. The van der Waals surface area contributed by atoms with Gasteiger partial charge in [-0.2, -0.15) is 0 Å². The lowest BCUT2D eigenvalue weighted by atomic mass is 10.0. The number of nitrogens with zero attached hydrogens (tertiary/aromatic N) is 1. The molecule has 0 aliphatic heterocycles. The molecule has 100 valence electrons. The number of rotatable bonds is 3. The van der Waals surface area contributed by atoms with Crippen LogP contribution in [0.15, 0.2) is 30.5 Å². The van der Waals surface area contributed by atoms with Crippen molar-refractivity contribution in [1.82, 2.24) is 4.98 Å². The van der Waals surface area contributed by atoms with Crippen molar-refractivity contribution in [3.05, 3.63) is 30.5 Å². The number of pyridine rings is 1. The van der Waals surface area contributed by atoms with E-state index < -0.39 is 0 Å². The lowest BCUT2D eigenvalue weighted by Crippen LogP contribution is -2.29. The van der Waals surface area contributed by atoms with Crippen molar-refractivity contribution in [3.8, 4) is 5.75 Å². The number of hydrogen-bond acceptors (Lipinski definition) is 4. The Bertz CT molecular complexity index is 585. The van der Waals surface area contributed by atoms with Crippen molar-refractivity contribution >= 4 is 16.6 Å². The maximum atomic E-state index is 9.60. The average Bonchev–Trinajstić information content (AvgIpc) is 2.82. The molecule has 0 bridgehead atoms. The molecule has 4 nitrogen and oxygen atoms in total. The van der Waals surface area contributed by atoms with E-state index in [9.17, 15) is 5.11 Å². The Hall–Kier alpha value is -1.81. The van der Waals surface area contributed by atoms with Gasteiger partial charge in [0.05, 0.1) is 0 Å². The normalized spacial score (nSPS) is 22.8. The standard InChI is InChI=1S/C15H19N3O/c16-14-3-1-2-11(14)9-18-15-13-8-12(19)5-4-10(13)6-7-17-15/h4-8,11,14,19H,1-3,9,16H2,(H,17,18). The third kappa shape index (κ3) is 2.49. The summed E-state index contributed by atoms with van der Waals surface area (Å²) in [5.41, 5.74) is 6.08. The van der Waals surface area contributed by atoms with E-state index in [0.717, 1.165) is 29.6 Å². The molecule has 1 fully saturated rings. The molecule has 4 N–H and O–H groups in total. The van der Waals surface area contributed by atoms with Gasteiger partial charge in [-0.05, 0) is 42.3 Å². The van der Waals surface area contributed by atoms with E-state index in [-0.39, 0.29) is 5.75 Å². The molecular formula is C15H19N3O. The molecule has 0 saturated heterocycles. The van der Waals surface area contributed by atoms with Gasteiger partial charge in [-0.1, -0.05) is 12.5 Å². The summed E-state index contributed by atoms with van der Waals surface area (Å²) in [6.45, 7) is 0.850. The second kappa shape index (κ2) is 5.05. The molecule has 1 aliphatic carbocycles. The third-order valence-corrected chi connectivity index (χ3v) is 4.00. The number of nitrogens with one attached hydrogen (secondary N) is 1. The number of hydrogen-bond donors (Lipinski definition) is 3. The Morgan fingerprint density at radius 3 is 3.00 bits per heavy atom. The maximum Gasteiger partial charge on any atom is 0.133 e. The van der Waals surface area contributed by atoms with Crippen LogP contribution in [0.3, 0.4) is 0 Å². The third-order valence-electron chi connectivity index (χ3n) is 4.00. The Morgan fingerprint density at radius 1 is 1.32 bits per heavy atom. The highest BCUT2D eigenvalue weighted by molar-refractivity contribution is 5.92. The quantitative estimate of drug-likeness (QED) is 0.790. The molecule has 1 aliphatic rings. The van der Waals surface area contributed by atoms with E-state index in [1.807, 2.05) is 12.1 Å². The minimum absolute atomic E-state index is 0.265. The molecule has 2 atom stereocenters. The van der Waals surface area contributed by atoms with Crippen molar-refractivity contribution in [2.24, 2.45) is 11.7 Å². The first kappa shape index (κ1) is 12.2. The lowest BCUT2D eigenvalue weighted by Gasteiger charge is -2.17. The van der Waals surface area contributed by atoms with Gasteiger partial charge < -0.3 is 16.2 Å². The smallest absolute Gasteiger partial charge is 0.133 e. The van der Waals surface area contributed by atoms with Crippen LogP contribution in [0.4, 0.5) is 5.82 Å². The number of nitrogens with two attached hydrogens (primary N) is 1. The number of phenols is 1. The number of phenolic OH excluding ortho intramolecular Hbond substituents is 1. The second-order valence-corrected chi connectivity index (χ2v) is 5.30. The SMILES string of the molecule is NC1CCCC1CNc1nccc2ccc(O)cc12. The van der Waals surface area contributed by atoms with Gasteiger partial charge >= 0.3 is 0 Å². The van der Waals surface area contributed by atoms with Gasteiger partial charge in [-0.25, -0.2) is 4.98 Å². The minimum atomic E-state index is 0.265. The van der Waals surface area contributed by atoms with Gasteiger partial charge in [0.25, 0.3) is 0 Å². The summed E-state index contributed by atoms with van der Waals surface area (Å²) in [6, 6.07) is 7.59. The number of fused-ring (bicyclic) bond motifs is 1. The van der Waals surface area contributed by atoms with Crippen molar-refractivity contribution in [1.29, 1.82) is 0 Å². The molecule has 0 spiro atoms. The van der Waals surface area contributed by atoms with Crippen LogP contribution < -0.4 is 11.1 Å². The van der Waals surface area contributed by atoms with Crippen LogP contribution in [-0.4, -0.2) is 22.7 Å². The second-order valence-electron chi connectivity index (χ2n) is 5.30. The van der Waals surface area contributed by atoms with Crippen molar-refractivity contribution in [3.63, 3.8) is 0 Å². The molecule has 2 unspecified atom stereocenters. The van der Waals surface area contributed by atoms with Gasteiger partial charge in [0.2, 0.25) is 0 Å². The summed E-state index contributed by atoms with van der Waals surface area (Å²) in [4.78, 5) is 4.37. The Labute approximate surface area is 112 Å². The van der Waals surface area contributed by atoms with Crippen LogP contribution in [0.5, 0.6) is 5.75 Å². The van der Waals surface area contributed by atoms with E-state index in [0.29, 0.717) is 12.0 Å². The topological polar surface area (TPSA) is 71.2 Å². The first-order valence-corrected chi connectivity index (χ1v) is 6.81. The zero-order valence-corrected chi connectivity index (χ0v) is 10.8. The highest BCUT2D eigenvalue weighted by Gasteiger charge is 2.23.